The van der Waals surface area contributed by atoms with E-state index in [0.29, 0.717) is 12.2 Å². The summed E-state index contributed by atoms with van der Waals surface area (Å²) in [5.74, 6) is 0.661. The number of H-pyrrole nitrogens is 2. The summed E-state index contributed by atoms with van der Waals surface area (Å²) < 4.78 is 0. The van der Waals surface area contributed by atoms with Crippen LogP contribution in [0.25, 0.3) is 55.7 Å². The number of anilines is 1. The maximum absolute atomic E-state index is 10.3. The van der Waals surface area contributed by atoms with E-state index in [9.17, 15) is 5.11 Å². The van der Waals surface area contributed by atoms with Crippen molar-refractivity contribution in [3.05, 3.63) is 73.6 Å². The molecule has 0 aliphatic carbocycles. The third-order valence-electron chi connectivity index (χ3n) is 6.41. The molecule has 0 radical (unpaired) electrons. The van der Waals surface area contributed by atoms with Crippen molar-refractivity contribution in [1.29, 1.82) is 0 Å². The number of imidazole rings is 1. The van der Waals surface area contributed by atoms with E-state index in [1.54, 1.807) is 24.8 Å². The van der Waals surface area contributed by atoms with Crippen molar-refractivity contribution in [2.24, 2.45) is 0 Å². The molecular weight excluding hydrogens is 464 g/mol. The van der Waals surface area contributed by atoms with Crippen LogP contribution < -0.4 is 5.32 Å². The molecule has 0 amide bonds. The Bertz CT molecular complexity index is 1670. The zero-order chi connectivity index (χ0) is 25.2. The lowest BCUT2D eigenvalue weighted by atomic mass is 10.0. The van der Waals surface area contributed by atoms with E-state index in [4.69, 9.17) is 4.98 Å². The van der Waals surface area contributed by atoms with Gasteiger partial charge in [-0.1, -0.05) is 19.4 Å². The lowest BCUT2D eigenvalue weighted by molar-refractivity contribution is 0.190. The van der Waals surface area contributed by atoms with Gasteiger partial charge in [-0.25, -0.2) is 4.98 Å². The predicted molar refractivity (Wildman–Crippen MR) is 145 cm³/mol. The van der Waals surface area contributed by atoms with E-state index >= 15 is 0 Å². The van der Waals surface area contributed by atoms with Crippen LogP contribution in [0.5, 0.6) is 0 Å². The highest BCUT2D eigenvalue weighted by Crippen LogP contribution is 2.33. The Hall–Kier alpha value is -4.63. The van der Waals surface area contributed by atoms with Crippen LogP contribution in [0.15, 0.2) is 73.6 Å². The number of nitrogens with one attached hydrogen (secondary N) is 3. The summed E-state index contributed by atoms with van der Waals surface area (Å²) in [6.45, 7) is 2.11. The van der Waals surface area contributed by atoms with E-state index in [0.717, 1.165) is 68.4 Å². The number of aliphatic hydroxyl groups is 1. The minimum atomic E-state index is -0.598. The van der Waals surface area contributed by atoms with E-state index in [1.807, 2.05) is 42.7 Å². The van der Waals surface area contributed by atoms with Crippen molar-refractivity contribution in [3.8, 4) is 33.8 Å². The van der Waals surface area contributed by atoms with Crippen molar-refractivity contribution >= 4 is 27.6 Å². The summed E-state index contributed by atoms with van der Waals surface area (Å²) in [5, 5.41) is 22.0. The first kappa shape index (κ1) is 22.8. The van der Waals surface area contributed by atoms with Crippen LogP contribution in [-0.4, -0.2) is 46.5 Å². The fraction of sp³-hybridized carbons (Fsp3) is 0.179. The Morgan fingerprint density at radius 2 is 1.76 bits per heavy atom. The molecule has 184 valence electrons. The topological polar surface area (TPSA) is 128 Å². The number of rotatable bonds is 8. The Morgan fingerprint density at radius 3 is 2.62 bits per heavy atom. The number of fused-ring (bicyclic) bond motifs is 2. The minimum absolute atomic E-state index is 0.598. The summed E-state index contributed by atoms with van der Waals surface area (Å²) in [6, 6.07) is 12.0. The molecule has 6 rings (SSSR count). The average molecular weight is 491 g/mol. The number of hydrogen-bond acceptors (Lipinski definition) is 7. The predicted octanol–water partition coefficient (Wildman–Crippen LogP) is 5.55. The Morgan fingerprint density at radius 1 is 0.892 bits per heavy atom. The number of hydrogen-bond donors (Lipinski definition) is 4. The molecule has 0 bridgehead atoms. The number of benzene rings is 1. The van der Waals surface area contributed by atoms with E-state index in [-0.39, 0.29) is 0 Å². The van der Waals surface area contributed by atoms with Crippen LogP contribution in [0.3, 0.4) is 0 Å². The van der Waals surface area contributed by atoms with Crippen LogP contribution in [0.1, 0.15) is 26.2 Å². The second-order valence-electron chi connectivity index (χ2n) is 9.00. The number of aliphatic hydroxyl groups excluding tert-OH is 1. The molecule has 9 heteroatoms. The van der Waals surface area contributed by atoms with Crippen molar-refractivity contribution < 1.29 is 5.11 Å². The number of nitrogens with zero attached hydrogens (tertiary/aromatic N) is 5. The average Bonchev–Trinajstić information content (AvgIpc) is 3.56. The first-order chi connectivity index (χ1) is 18.2. The zero-order valence-corrected chi connectivity index (χ0v) is 20.3. The summed E-state index contributed by atoms with van der Waals surface area (Å²) >= 11 is 0. The van der Waals surface area contributed by atoms with Gasteiger partial charge in [0.15, 0.2) is 5.82 Å². The molecule has 1 atom stereocenters. The zero-order valence-electron chi connectivity index (χ0n) is 20.3. The van der Waals surface area contributed by atoms with Crippen LogP contribution in [0.2, 0.25) is 0 Å². The Labute approximate surface area is 213 Å². The fourth-order valence-corrected chi connectivity index (χ4v) is 4.50. The van der Waals surface area contributed by atoms with Gasteiger partial charge in [0.25, 0.3) is 0 Å². The number of pyridine rings is 3. The highest BCUT2D eigenvalue weighted by atomic mass is 16.3. The lowest BCUT2D eigenvalue weighted by Crippen LogP contribution is -2.18. The summed E-state index contributed by atoms with van der Waals surface area (Å²) in [7, 11) is 0. The van der Waals surface area contributed by atoms with Gasteiger partial charge in [0.05, 0.1) is 34.6 Å². The molecule has 5 aromatic heterocycles. The van der Waals surface area contributed by atoms with Crippen molar-refractivity contribution in [3.63, 3.8) is 0 Å². The molecule has 0 saturated carbocycles. The fourth-order valence-electron chi connectivity index (χ4n) is 4.50. The molecule has 5 heterocycles. The lowest BCUT2D eigenvalue weighted by Gasteiger charge is -2.14. The van der Waals surface area contributed by atoms with Gasteiger partial charge in [-0.2, -0.15) is 5.10 Å². The van der Waals surface area contributed by atoms with E-state index in [2.05, 4.69) is 48.4 Å². The van der Waals surface area contributed by atoms with Crippen molar-refractivity contribution in [2.45, 2.75) is 32.4 Å². The molecule has 0 spiro atoms. The number of aromatic amines is 2. The van der Waals surface area contributed by atoms with Gasteiger partial charge in [-0.15, -0.1) is 0 Å². The molecule has 0 aliphatic heterocycles. The maximum atomic E-state index is 10.3. The standard InChI is InChI=1S/C28H26N8O/c1-2-3-4-25(37)32-20-11-19(13-30-14-20)18-5-6-23-21(12-18)27(36-35-23)28-33-24-16-31-15-22(26(24)34-28)17-7-9-29-10-8-17/h5-16,25,32,37H,2-4H2,1H3,(H,33,34)(H,35,36). The van der Waals surface area contributed by atoms with Gasteiger partial charge >= 0.3 is 0 Å². The van der Waals surface area contributed by atoms with Crippen LogP contribution >= 0.6 is 0 Å². The Kier molecular flexibility index (Phi) is 6.03. The molecule has 0 saturated heterocycles. The molecule has 9 nitrogen and oxygen atoms in total. The molecule has 37 heavy (non-hydrogen) atoms. The first-order valence-electron chi connectivity index (χ1n) is 12.3. The van der Waals surface area contributed by atoms with Crippen LogP contribution in [0.4, 0.5) is 5.69 Å². The van der Waals surface area contributed by atoms with Gasteiger partial charge in [-0.3, -0.25) is 20.1 Å². The van der Waals surface area contributed by atoms with Gasteiger partial charge in [-0.05, 0) is 54.3 Å². The molecule has 6 aromatic rings. The summed E-state index contributed by atoms with van der Waals surface area (Å²) in [4.78, 5) is 21.2. The minimum Gasteiger partial charge on any atom is -0.374 e. The largest absolute Gasteiger partial charge is 0.374 e. The second-order valence-corrected chi connectivity index (χ2v) is 9.00. The van der Waals surface area contributed by atoms with Gasteiger partial charge < -0.3 is 15.4 Å². The molecule has 4 N–H and O–H groups in total. The van der Waals surface area contributed by atoms with E-state index in [1.165, 1.54) is 0 Å². The van der Waals surface area contributed by atoms with Gasteiger partial charge in [0.2, 0.25) is 0 Å². The SMILES string of the molecule is CCCCC(O)Nc1cncc(-c2ccc3[nH]nc(-c4nc5c(-c6ccncc6)cncc5[nH]4)c3c2)c1. The number of aromatic nitrogens is 7. The monoisotopic (exact) mass is 490 g/mol. The molecular formula is C28H26N8O. The third kappa shape index (κ3) is 4.52. The van der Waals surface area contributed by atoms with Gasteiger partial charge in [0.1, 0.15) is 11.9 Å². The van der Waals surface area contributed by atoms with Gasteiger partial charge in [0, 0.05) is 41.3 Å². The first-order valence-corrected chi connectivity index (χ1v) is 12.3. The second kappa shape index (κ2) is 9.79. The molecule has 0 aliphatic rings. The van der Waals surface area contributed by atoms with Crippen molar-refractivity contribution in [2.75, 3.05) is 5.32 Å². The smallest absolute Gasteiger partial charge is 0.159 e. The maximum Gasteiger partial charge on any atom is 0.159 e. The summed E-state index contributed by atoms with van der Waals surface area (Å²) in [5.41, 5.74) is 7.94. The highest BCUT2D eigenvalue weighted by Gasteiger charge is 2.16. The quantitative estimate of drug-likeness (QED) is 0.206. The Balaban J connectivity index is 1.37. The normalized spacial score (nSPS) is 12.3. The molecule has 1 aromatic carbocycles. The molecule has 0 fully saturated rings. The highest BCUT2D eigenvalue weighted by molar-refractivity contribution is 5.98. The van der Waals surface area contributed by atoms with Crippen LogP contribution in [-0.2, 0) is 0 Å². The number of unbranched alkanes of at least 4 members (excludes halogenated alkanes) is 1. The van der Waals surface area contributed by atoms with Crippen molar-refractivity contribution in [1.82, 2.24) is 35.1 Å². The van der Waals surface area contributed by atoms with E-state index < -0.39 is 6.23 Å². The molecule has 1 unspecified atom stereocenters. The summed E-state index contributed by atoms with van der Waals surface area (Å²) in [6.07, 6.45) is 12.7. The third-order valence-corrected chi connectivity index (χ3v) is 6.41. The van der Waals surface area contributed by atoms with Crippen LogP contribution in [0, 0.1) is 0 Å².